The van der Waals surface area contributed by atoms with E-state index in [9.17, 15) is 38.7 Å². The summed E-state index contributed by atoms with van der Waals surface area (Å²) in [4.78, 5) is 90.4. The molecule has 12 rings (SSSR count). The standard InChI is InChI=1S/C20H21Cl2NO4S.C19H19Cl2NO4S.C13H15Cl2NO2.C11H23NO2Si.C8H7BrCl2.C8H8Cl2O.C7H7BrO2S/c1-26-20(25)18-4-3-17(28-18)12-27-11-16-2-5-19(24)23(16)7-6-13-8-14(21)10-15(22)9-13;20-13-7-12(8-14(21)9-13)5-6-22-15(1-4-18(22)23)10-26-11-16-2-3-17(27-16)19(24)25;14-10-5-9(6-11(15)7-10)3-4-16-12(8-17)1-2-13(16)18;1-11(2,3)15(4,5)14-8-9-6-7-10(13)12-9;9-2-1-6-3-7(10)5-8(11)4-6;9-7-3-6(1-2-11)4-8(10)5-7;1-10-7(9)6-3-2-5(4-8)11-6/h3-4,8-10,16H,2,5-7,11-12H2,1H3;2-3,7-9,15H,1,4-6,10-11H2,(H,24,25);5-7,12,17H,1-4,8H2;9H,6-8H2,1-5H3,(H,12,13);3-5H,1-2H2;3-5,11H,1-2H2;2-3H,4H2,1H3. The van der Waals surface area contributed by atoms with E-state index in [1.807, 2.05) is 70.5 Å². The first-order valence-electron chi connectivity index (χ1n) is 38.6. The fraction of sp³-hybridized carbons (Fsp3) is 0.430. The number of methoxy groups -OCH3 is 2. The molecule has 4 saturated heterocycles. The molecular weight excluding hydrogens is 1970 g/mol. The van der Waals surface area contributed by atoms with Gasteiger partial charge in [-0.25, -0.2) is 14.4 Å². The predicted molar refractivity (Wildman–Crippen MR) is 502 cm³/mol. The molecule has 4 aliphatic heterocycles. The van der Waals surface area contributed by atoms with Gasteiger partial charge in [-0.2, -0.15) is 0 Å². The Kier molecular flexibility index (Phi) is 46.8. The zero-order valence-corrected chi connectivity index (χ0v) is 82.1. The van der Waals surface area contributed by atoms with E-state index in [1.165, 1.54) is 53.8 Å². The Labute approximate surface area is 788 Å². The summed E-state index contributed by atoms with van der Waals surface area (Å²) in [5.74, 6) is -0.986. The first kappa shape index (κ1) is 105. The molecule has 4 N–H and O–H groups in total. The Morgan fingerprint density at radius 1 is 0.463 bits per heavy atom. The maximum absolute atomic E-state index is 12.3. The zero-order chi connectivity index (χ0) is 89.1. The molecule has 3 aromatic heterocycles. The van der Waals surface area contributed by atoms with Gasteiger partial charge in [0, 0.05) is 127 Å². The Balaban J connectivity index is 0.000000226. The molecule has 5 aromatic carbocycles. The van der Waals surface area contributed by atoms with Crippen LogP contribution in [0.1, 0.15) is 144 Å². The second-order valence-corrected chi connectivity index (χ2v) is 43.7. The minimum Gasteiger partial charge on any atom is -0.477 e. The Hall–Kier alpha value is -4.63. The van der Waals surface area contributed by atoms with Gasteiger partial charge in [0.2, 0.25) is 23.6 Å². The van der Waals surface area contributed by atoms with Crippen LogP contribution in [-0.4, -0.2) is 176 Å². The summed E-state index contributed by atoms with van der Waals surface area (Å²) in [6.07, 6.45) is 9.08. The Bertz CT molecular complexity index is 4540. The van der Waals surface area contributed by atoms with Gasteiger partial charge >= 0.3 is 17.9 Å². The minimum atomic E-state index is -1.65. The fourth-order valence-electron chi connectivity index (χ4n) is 12.4. The number of hydrogen-bond acceptors (Lipinski definition) is 17. The lowest BCUT2D eigenvalue weighted by atomic mass is 10.1. The molecule has 4 amide bonds. The van der Waals surface area contributed by atoms with Gasteiger partial charge in [-0.05, 0) is 231 Å². The number of nitrogens with one attached hydrogen (secondary N) is 1. The molecule has 0 radical (unpaired) electrons. The van der Waals surface area contributed by atoms with E-state index in [-0.39, 0.29) is 78.0 Å². The summed E-state index contributed by atoms with van der Waals surface area (Å²) in [5, 5.41) is 37.9. The van der Waals surface area contributed by atoms with Crippen molar-refractivity contribution in [2.24, 2.45) is 0 Å². The van der Waals surface area contributed by atoms with Crippen molar-refractivity contribution < 1.29 is 72.3 Å². The van der Waals surface area contributed by atoms with Crippen molar-refractivity contribution in [1.82, 2.24) is 20.0 Å². The quantitative estimate of drug-likeness (QED) is 0.0193. The molecule has 7 heterocycles. The molecule has 4 atom stereocenters. The SMILES string of the molecule is CC(C)(C)[Si](C)(C)OCC1CCC(=O)N1.COC(=O)c1ccc(CBr)s1.COC(=O)c1ccc(COCC2CCC(=O)N2CCc2cc(Cl)cc(Cl)c2)s1.Clc1cc(Cl)cc(CCBr)c1.O=C(O)c1ccc(COCC2CCC(=O)N2CCc2cc(Cl)cc(Cl)c2)s1.O=C1CCC(CO)N1CCc1cc(Cl)cc(Cl)c1.OCCc1cc(Cl)cc(Cl)c1. The monoisotopic (exact) mass is 2060 g/mol. The van der Waals surface area contributed by atoms with Crippen molar-refractivity contribution in [3.05, 3.63) is 235 Å². The van der Waals surface area contributed by atoms with Gasteiger partial charge in [0.05, 0.1) is 78.0 Å². The van der Waals surface area contributed by atoms with Crippen LogP contribution >= 0.6 is 182 Å². The molecule has 4 unspecified atom stereocenters. The van der Waals surface area contributed by atoms with E-state index >= 15 is 0 Å². The van der Waals surface area contributed by atoms with Crippen LogP contribution in [0.15, 0.2) is 127 Å². The number of amides is 4. The average molecular weight is 2070 g/mol. The third-order valence-electron chi connectivity index (χ3n) is 19.6. The van der Waals surface area contributed by atoms with Crippen molar-refractivity contribution in [1.29, 1.82) is 0 Å². The van der Waals surface area contributed by atoms with Crippen molar-refractivity contribution in [3.8, 4) is 0 Å². The number of carboxylic acid groups (broad SMARTS) is 1. The molecule has 19 nitrogen and oxygen atoms in total. The molecule has 0 saturated carbocycles. The van der Waals surface area contributed by atoms with Gasteiger partial charge < -0.3 is 58.7 Å². The minimum absolute atomic E-state index is 0.0298. The van der Waals surface area contributed by atoms with Gasteiger partial charge in [-0.1, -0.05) is 169 Å². The summed E-state index contributed by atoms with van der Waals surface area (Å²) in [7, 11) is 1.10. The van der Waals surface area contributed by atoms with Gasteiger partial charge in [0.1, 0.15) is 14.6 Å². The van der Waals surface area contributed by atoms with Crippen LogP contribution in [0.5, 0.6) is 0 Å². The molecule has 0 aliphatic carbocycles. The third kappa shape index (κ3) is 37.7. The van der Waals surface area contributed by atoms with Crippen LogP contribution in [0.4, 0.5) is 0 Å². The number of ether oxygens (including phenoxy) is 4. The number of benzene rings is 5. The number of carbonyl (C=O) groups is 7. The molecule has 35 heteroatoms. The lowest BCUT2D eigenvalue weighted by Crippen LogP contribution is -2.44. The van der Waals surface area contributed by atoms with Crippen LogP contribution in [0.25, 0.3) is 0 Å². The second kappa shape index (κ2) is 53.9. The fourth-order valence-corrected chi connectivity index (χ4v) is 19.7. The van der Waals surface area contributed by atoms with Crippen molar-refractivity contribution in [3.63, 3.8) is 0 Å². The van der Waals surface area contributed by atoms with Crippen LogP contribution in [-0.2, 0) is 93.2 Å². The molecular formula is C86H100Br2Cl10N4O15S3Si. The van der Waals surface area contributed by atoms with Gasteiger partial charge in [-0.3, -0.25) is 19.2 Å². The summed E-state index contributed by atoms with van der Waals surface area (Å²) in [6, 6.07) is 38.0. The Morgan fingerprint density at radius 2 is 0.793 bits per heavy atom. The Morgan fingerprint density at radius 3 is 1.10 bits per heavy atom. The predicted octanol–water partition coefficient (Wildman–Crippen LogP) is 22.8. The molecule has 4 fully saturated rings. The van der Waals surface area contributed by atoms with Gasteiger partial charge in [0.25, 0.3) is 0 Å². The van der Waals surface area contributed by atoms with E-state index in [0.717, 1.165) is 79.6 Å². The highest BCUT2D eigenvalue weighted by atomic mass is 79.9. The number of alkyl halides is 2. The largest absolute Gasteiger partial charge is 0.477 e. The number of thiophene rings is 3. The molecule has 8 aromatic rings. The first-order valence-corrected chi connectivity index (χ1v) is 50.0. The molecule has 660 valence electrons. The van der Waals surface area contributed by atoms with E-state index in [4.69, 9.17) is 145 Å². The third-order valence-corrected chi connectivity index (χ3v) is 30.8. The normalized spacial score (nSPS) is 16.1. The maximum Gasteiger partial charge on any atom is 0.348 e. The number of carbonyl (C=O) groups excluding carboxylic acids is 6. The lowest BCUT2D eigenvalue weighted by molar-refractivity contribution is -0.130. The summed E-state index contributed by atoms with van der Waals surface area (Å²) in [5.41, 5.74) is 5.13. The van der Waals surface area contributed by atoms with Crippen LogP contribution in [0.2, 0.25) is 68.4 Å². The number of halogens is 12. The lowest BCUT2D eigenvalue weighted by Gasteiger charge is -2.36. The number of esters is 2. The molecule has 4 aliphatic rings. The number of aliphatic hydroxyl groups excluding tert-OH is 2. The van der Waals surface area contributed by atoms with Crippen LogP contribution < -0.4 is 5.32 Å². The van der Waals surface area contributed by atoms with Gasteiger partial charge in [-0.15, -0.1) is 34.0 Å². The number of aliphatic hydroxyl groups is 2. The number of hydrogen-bond donors (Lipinski definition) is 4. The van der Waals surface area contributed by atoms with E-state index in [2.05, 4.69) is 75.8 Å². The summed E-state index contributed by atoms with van der Waals surface area (Å²) in [6.45, 7) is 15.4. The number of nitrogens with zero attached hydrogens (tertiary/aromatic N) is 3. The van der Waals surface area contributed by atoms with Crippen molar-refractivity contribution in [2.45, 2.75) is 165 Å². The summed E-state index contributed by atoms with van der Waals surface area (Å²) >= 11 is 69.7. The molecule has 121 heavy (non-hydrogen) atoms. The molecule has 0 bridgehead atoms. The highest BCUT2D eigenvalue weighted by molar-refractivity contribution is 9.09. The van der Waals surface area contributed by atoms with Crippen molar-refractivity contribution >= 4 is 232 Å². The van der Waals surface area contributed by atoms with Crippen LogP contribution in [0, 0.1) is 0 Å². The molecule has 0 spiro atoms. The summed E-state index contributed by atoms with van der Waals surface area (Å²) < 4.78 is 26.9. The topological polar surface area (TPSA) is 248 Å². The van der Waals surface area contributed by atoms with Crippen molar-refractivity contribution in [2.75, 3.05) is 72.2 Å². The number of aromatic carboxylic acids is 1. The van der Waals surface area contributed by atoms with Gasteiger partial charge in [0.15, 0.2) is 8.32 Å². The highest BCUT2D eigenvalue weighted by Gasteiger charge is 2.39. The van der Waals surface area contributed by atoms with E-state index in [0.29, 0.717) is 169 Å². The number of likely N-dealkylation sites (tertiary alicyclic amines) is 3. The maximum atomic E-state index is 12.3. The average Bonchev–Trinajstić information content (AvgIpc) is 1.76. The number of aryl methyl sites for hydroxylation is 1. The second-order valence-electron chi connectivity index (χ2n) is 29.7. The van der Waals surface area contributed by atoms with E-state index in [1.54, 1.807) is 71.6 Å². The van der Waals surface area contributed by atoms with Crippen LogP contribution in [0.3, 0.4) is 0 Å². The first-order chi connectivity index (χ1) is 57.4. The number of carboxylic acids is 1. The van der Waals surface area contributed by atoms with E-state index < -0.39 is 14.3 Å². The number of rotatable bonds is 29. The highest BCUT2D eigenvalue weighted by Crippen LogP contribution is 2.37. The smallest absolute Gasteiger partial charge is 0.348 e. The zero-order valence-electron chi connectivity index (χ0n) is 68.0.